The quantitative estimate of drug-likeness (QED) is 0.945. The second-order valence-corrected chi connectivity index (χ2v) is 6.53. The van der Waals surface area contributed by atoms with Gasteiger partial charge in [-0.25, -0.2) is 9.97 Å². The van der Waals surface area contributed by atoms with Crippen LogP contribution in [0.1, 0.15) is 53.4 Å². The van der Waals surface area contributed by atoms with Gasteiger partial charge in [0, 0.05) is 18.3 Å². The Bertz CT molecular complexity index is 741. The first-order valence-corrected chi connectivity index (χ1v) is 8.48. The fourth-order valence-corrected chi connectivity index (χ4v) is 3.77. The Hall–Kier alpha value is -2.23. The van der Waals surface area contributed by atoms with Crippen LogP contribution >= 0.6 is 0 Å². The first-order valence-electron chi connectivity index (χ1n) is 8.48. The van der Waals surface area contributed by atoms with Crippen molar-refractivity contribution < 1.29 is 4.79 Å². The number of aryl methyl sites for hydroxylation is 3. The number of fused-ring (bicyclic) bond motifs is 2. The Morgan fingerprint density at radius 2 is 2.09 bits per heavy atom. The van der Waals surface area contributed by atoms with Crippen molar-refractivity contribution in [3.8, 4) is 0 Å². The van der Waals surface area contributed by atoms with E-state index in [0.717, 1.165) is 37.2 Å². The van der Waals surface area contributed by atoms with E-state index in [9.17, 15) is 4.79 Å². The highest BCUT2D eigenvalue weighted by molar-refractivity contribution is 5.77. The van der Waals surface area contributed by atoms with Crippen molar-refractivity contribution in [1.82, 2.24) is 15.3 Å². The maximum Gasteiger partial charge on any atom is 0.220 e. The minimum Gasteiger partial charge on any atom is -0.349 e. The van der Waals surface area contributed by atoms with Crippen molar-refractivity contribution >= 4 is 5.91 Å². The second kappa shape index (κ2) is 6.11. The molecule has 118 valence electrons. The highest BCUT2D eigenvalue weighted by atomic mass is 16.1. The number of benzene rings is 1. The molecule has 1 aromatic carbocycles. The van der Waals surface area contributed by atoms with Gasteiger partial charge in [-0.15, -0.1) is 0 Å². The Balaban J connectivity index is 1.34. The van der Waals surface area contributed by atoms with Gasteiger partial charge in [0.25, 0.3) is 0 Å². The Morgan fingerprint density at radius 3 is 3.04 bits per heavy atom. The van der Waals surface area contributed by atoms with E-state index in [1.54, 1.807) is 0 Å². The largest absolute Gasteiger partial charge is 0.349 e. The summed E-state index contributed by atoms with van der Waals surface area (Å²) in [6, 6.07) is 8.47. The van der Waals surface area contributed by atoms with E-state index in [4.69, 9.17) is 0 Å². The Kier molecular flexibility index (Phi) is 3.82. The van der Waals surface area contributed by atoms with Crippen molar-refractivity contribution in [2.24, 2.45) is 0 Å². The van der Waals surface area contributed by atoms with Gasteiger partial charge in [0.2, 0.25) is 5.91 Å². The zero-order chi connectivity index (χ0) is 15.6. The van der Waals surface area contributed by atoms with Crippen LogP contribution < -0.4 is 5.32 Å². The molecule has 2 aliphatic carbocycles. The molecule has 0 saturated carbocycles. The molecule has 1 amide bonds. The van der Waals surface area contributed by atoms with Crippen molar-refractivity contribution in [2.75, 3.05) is 0 Å². The lowest BCUT2D eigenvalue weighted by molar-refractivity contribution is -0.121. The molecule has 0 unspecified atom stereocenters. The van der Waals surface area contributed by atoms with Gasteiger partial charge in [-0.05, 0) is 54.7 Å². The maximum atomic E-state index is 12.2. The van der Waals surface area contributed by atoms with Crippen LogP contribution in [0.25, 0.3) is 0 Å². The summed E-state index contributed by atoms with van der Waals surface area (Å²) in [5.74, 6) is 1.17. The van der Waals surface area contributed by atoms with E-state index in [2.05, 4.69) is 39.6 Å². The van der Waals surface area contributed by atoms with Crippen LogP contribution in [0.3, 0.4) is 0 Å². The van der Waals surface area contributed by atoms with Gasteiger partial charge in [-0.1, -0.05) is 24.3 Å². The number of nitrogens with zero attached hydrogens (tertiary/aromatic N) is 2. The summed E-state index contributed by atoms with van der Waals surface area (Å²) in [5.41, 5.74) is 5.17. The molecule has 0 aliphatic heterocycles. The summed E-state index contributed by atoms with van der Waals surface area (Å²) < 4.78 is 0. The third-order valence-electron chi connectivity index (χ3n) is 5.00. The monoisotopic (exact) mass is 307 g/mol. The minimum atomic E-state index is 0.0933. The average Bonchev–Trinajstić information content (AvgIpc) is 3.20. The Labute approximate surface area is 136 Å². The number of hydrogen-bond acceptors (Lipinski definition) is 3. The van der Waals surface area contributed by atoms with Gasteiger partial charge in [-0.3, -0.25) is 4.79 Å². The van der Waals surface area contributed by atoms with Crippen LogP contribution in [-0.4, -0.2) is 15.9 Å². The molecule has 0 fully saturated rings. The third-order valence-corrected chi connectivity index (χ3v) is 5.00. The summed E-state index contributed by atoms with van der Waals surface area (Å²) >= 11 is 0. The topological polar surface area (TPSA) is 54.9 Å². The number of nitrogens with one attached hydrogen (secondary N) is 1. The molecular weight excluding hydrogens is 286 g/mol. The maximum absolute atomic E-state index is 12.2. The predicted octanol–water partition coefficient (Wildman–Crippen LogP) is 2.70. The van der Waals surface area contributed by atoms with Gasteiger partial charge in [0.15, 0.2) is 0 Å². The zero-order valence-corrected chi connectivity index (χ0v) is 13.2. The molecular formula is C19H21N3O. The van der Waals surface area contributed by atoms with Gasteiger partial charge < -0.3 is 5.32 Å². The molecule has 1 atom stereocenters. The Morgan fingerprint density at radius 1 is 1.17 bits per heavy atom. The lowest BCUT2D eigenvalue weighted by atomic mass is 9.97. The lowest BCUT2D eigenvalue weighted by Crippen LogP contribution is -2.25. The number of aromatic nitrogens is 2. The molecule has 2 aromatic rings. The fraction of sp³-hybridized carbons (Fsp3) is 0.421. The van der Waals surface area contributed by atoms with Crippen LogP contribution in [0.2, 0.25) is 0 Å². The number of carbonyl (C=O) groups excluding carboxylic acids is 1. The van der Waals surface area contributed by atoms with Gasteiger partial charge in [-0.2, -0.15) is 0 Å². The van der Waals surface area contributed by atoms with Crippen molar-refractivity contribution in [1.29, 1.82) is 0 Å². The van der Waals surface area contributed by atoms with Gasteiger partial charge in [0.05, 0.1) is 6.54 Å². The molecule has 4 nitrogen and oxygen atoms in total. The molecule has 0 radical (unpaired) electrons. The normalized spacial score (nSPS) is 18.5. The van der Waals surface area contributed by atoms with Crippen LogP contribution in [0, 0.1) is 0 Å². The smallest absolute Gasteiger partial charge is 0.220 e. The molecule has 1 N–H and O–H groups in total. The highest BCUT2D eigenvalue weighted by Gasteiger charge is 2.24. The molecule has 0 bridgehead atoms. The summed E-state index contributed by atoms with van der Waals surface area (Å²) in [5, 5.41) is 2.98. The molecule has 4 heteroatoms. The molecule has 0 spiro atoms. The fourth-order valence-electron chi connectivity index (χ4n) is 3.77. The van der Waals surface area contributed by atoms with Crippen molar-refractivity contribution in [3.05, 3.63) is 58.7 Å². The average molecular weight is 307 g/mol. The number of rotatable bonds is 4. The van der Waals surface area contributed by atoms with E-state index in [1.807, 2.05) is 6.20 Å². The summed E-state index contributed by atoms with van der Waals surface area (Å²) in [4.78, 5) is 21.2. The summed E-state index contributed by atoms with van der Waals surface area (Å²) in [7, 11) is 0. The van der Waals surface area contributed by atoms with Crippen LogP contribution in [0.4, 0.5) is 0 Å². The number of hydrogen-bond donors (Lipinski definition) is 1. The standard InChI is InChI=1S/C19H21N3O/c23-19(10-14-9-8-13-4-1-2-6-16(13)14)21-12-18-20-11-15-5-3-7-17(15)22-18/h1-2,4,6,11,14H,3,5,7-10,12H2,(H,21,23)/t14-/m0/s1. The molecule has 4 rings (SSSR count). The highest BCUT2D eigenvalue weighted by Crippen LogP contribution is 2.35. The van der Waals surface area contributed by atoms with Crippen LogP contribution in [0.5, 0.6) is 0 Å². The van der Waals surface area contributed by atoms with Crippen molar-refractivity contribution in [2.45, 2.75) is 51.0 Å². The first kappa shape index (κ1) is 14.4. The molecule has 23 heavy (non-hydrogen) atoms. The van der Waals surface area contributed by atoms with Crippen LogP contribution in [0.15, 0.2) is 30.5 Å². The minimum absolute atomic E-state index is 0.0933. The van der Waals surface area contributed by atoms with E-state index < -0.39 is 0 Å². The number of carbonyl (C=O) groups is 1. The zero-order valence-electron chi connectivity index (χ0n) is 13.2. The van der Waals surface area contributed by atoms with Crippen molar-refractivity contribution in [3.63, 3.8) is 0 Å². The van der Waals surface area contributed by atoms with E-state index in [-0.39, 0.29) is 5.91 Å². The van der Waals surface area contributed by atoms with E-state index in [1.165, 1.54) is 23.1 Å². The summed E-state index contributed by atoms with van der Waals surface area (Å²) in [6.45, 7) is 0.431. The molecule has 1 heterocycles. The summed E-state index contributed by atoms with van der Waals surface area (Å²) in [6.07, 6.45) is 7.93. The SMILES string of the molecule is O=C(C[C@@H]1CCc2ccccc21)NCc1ncc2c(n1)CCC2. The second-order valence-electron chi connectivity index (χ2n) is 6.53. The van der Waals surface area contributed by atoms with E-state index in [0.29, 0.717) is 18.9 Å². The van der Waals surface area contributed by atoms with Crippen LogP contribution in [-0.2, 0) is 30.6 Å². The molecule has 2 aliphatic rings. The first-order chi connectivity index (χ1) is 11.3. The molecule has 1 aromatic heterocycles. The lowest BCUT2D eigenvalue weighted by Gasteiger charge is -2.11. The predicted molar refractivity (Wildman–Crippen MR) is 88.0 cm³/mol. The van der Waals surface area contributed by atoms with E-state index >= 15 is 0 Å². The molecule has 0 saturated heterocycles. The van der Waals surface area contributed by atoms with Gasteiger partial charge in [0.1, 0.15) is 5.82 Å². The number of amides is 1. The third kappa shape index (κ3) is 2.98. The van der Waals surface area contributed by atoms with Gasteiger partial charge >= 0.3 is 0 Å².